The van der Waals surface area contributed by atoms with Crippen LogP contribution < -0.4 is 21.3 Å². The van der Waals surface area contributed by atoms with E-state index in [1.54, 1.807) is 17.0 Å². The summed E-state index contributed by atoms with van der Waals surface area (Å²) in [7, 11) is 1.50. The number of nitrogens with two attached hydrogens (primary N) is 2. The molecule has 9 heteroatoms. The molecule has 6 nitrogen and oxygen atoms in total. The van der Waals surface area contributed by atoms with Gasteiger partial charge in [0.15, 0.2) is 0 Å². The summed E-state index contributed by atoms with van der Waals surface area (Å²) in [6.45, 7) is 4.00. The molecule has 1 aromatic heterocycles. The van der Waals surface area contributed by atoms with E-state index in [4.69, 9.17) is 5.84 Å². The number of fused-ring (bicyclic) bond motifs is 1. The minimum Gasteiger partial charge on any atom is -0.333 e. The highest BCUT2D eigenvalue weighted by Gasteiger charge is 2.24. The number of rotatable bonds is 12. The maximum Gasteiger partial charge on any atom is 0.124 e. The van der Waals surface area contributed by atoms with Crippen LogP contribution in [0, 0.1) is 0 Å². The molecule has 1 heterocycles. The van der Waals surface area contributed by atoms with Crippen molar-refractivity contribution < 1.29 is 4.79 Å². The Morgan fingerprint density at radius 1 is 1.10 bits per heavy atom. The number of hydrazine groups is 1. The highest BCUT2D eigenvalue weighted by molar-refractivity contribution is 8.17. The van der Waals surface area contributed by atoms with Gasteiger partial charge in [-0.05, 0) is 117 Å². The maximum absolute atomic E-state index is 11.5. The zero-order valence-corrected chi connectivity index (χ0v) is 26.5. The van der Waals surface area contributed by atoms with Gasteiger partial charge in [0.05, 0.1) is 16.0 Å². The molecule has 1 unspecified atom stereocenters. The van der Waals surface area contributed by atoms with Crippen molar-refractivity contribution in [2.75, 3.05) is 23.0 Å². The smallest absolute Gasteiger partial charge is 0.124 e. The zero-order chi connectivity index (χ0) is 29.3. The van der Waals surface area contributed by atoms with E-state index in [1.165, 1.54) is 12.6 Å². The van der Waals surface area contributed by atoms with Gasteiger partial charge < -0.3 is 15.3 Å². The Morgan fingerprint density at radius 3 is 2.50 bits per heavy atom. The molecular formula is C31H43N5OS3. The summed E-state index contributed by atoms with van der Waals surface area (Å²) in [5.41, 5.74) is 11.8. The largest absolute Gasteiger partial charge is 0.333 e. The number of thiol groups is 1. The number of aryl methyl sites for hydroxylation is 2. The summed E-state index contributed by atoms with van der Waals surface area (Å²) >= 11 is 8.00. The topological polar surface area (TPSA) is 97.3 Å². The number of carbonyl (C=O) groups excluding carboxylic acids is 1. The van der Waals surface area contributed by atoms with Gasteiger partial charge in [-0.2, -0.15) is 0 Å². The number of aldehydes is 1. The number of nitrogens with one attached hydrogen (secondary N) is 1. The molecule has 4 rings (SSSR count). The van der Waals surface area contributed by atoms with Crippen LogP contribution in [0.2, 0.25) is 0 Å². The quantitative estimate of drug-likeness (QED) is 0.0429. The van der Waals surface area contributed by atoms with E-state index < -0.39 is 0 Å². The summed E-state index contributed by atoms with van der Waals surface area (Å²) in [6, 6.07) is 20.3. The molecule has 0 spiro atoms. The Bertz CT molecular complexity index is 1190. The fraction of sp³-hybridized carbons (Fsp3) is 0.355. The number of allylic oxidation sites excluding steroid dienone is 1. The SMILES string of the molecule is CC.CN.CSC(CCCc1ccccn1)SNc1ccc2c(c1)C(N(N)c1ccc(S)cc1)=C(CC=O)CC2. The molecular weight excluding hydrogens is 555 g/mol. The number of benzene rings is 2. The van der Waals surface area contributed by atoms with Crippen LogP contribution in [0.1, 0.15) is 56.4 Å². The first-order valence-corrected chi connectivity index (χ1v) is 16.3. The fourth-order valence-electron chi connectivity index (χ4n) is 4.37. The van der Waals surface area contributed by atoms with Gasteiger partial charge in [-0.15, -0.1) is 24.4 Å². The molecule has 0 bridgehead atoms. The van der Waals surface area contributed by atoms with E-state index in [-0.39, 0.29) is 0 Å². The summed E-state index contributed by atoms with van der Waals surface area (Å²) in [5.74, 6) is 6.65. The average molecular weight is 598 g/mol. The van der Waals surface area contributed by atoms with Gasteiger partial charge >= 0.3 is 0 Å². The van der Waals surface area contributed by atoms with Crippen molar-refractivity contribution in [3.8, 4) is 0 Å². The van der Waals surface area contributed by atoms with Gasteiger partial charge in [0.1, 0.15) is 6.29 Å². The first kappa shape index (κ1) is 33.8. The van der Waals surface area contributed by atoms with Crippen molar-refractivity contribution in [1.29, 1.82) is 0 Å². The monoisotopic (exact) mass is 597 g/mol. The third-order valence-corrected chi connectivity index (χ3v) is 9.04. The highest BCUT2D eigenvalue weighted by atomic mass is 32.2. The number of thioether (sulfide) groups is 1. The van der Waals surface area contributed by atoms with Gasteiger partial charge in [-0.25, -0.2) is 5.84 Å². The van der Waals surface area contributed by atoms with E-state index in [9.17, 15) is 4.79 Å². The van der Waals surface area contributed by atoms with Crippen molar-refractivity contribution in [1.82, 2.24) is 4.98 Å². The lowest BCUT2D eigenvalue weighted by Gasteiger charge is -2.31. The molecule has 2 aromatic carbocycles. The van der Waals surface area contributed by atoms with Crippen molar-refractivity contribution in [3.05, 3.63) is 89.3 Å². The molecule has 3 aromatic rings. The van der Waals surface area contributed by atoms with Crippen LogP contribution in [0.15, 0.2) is 77.3 Å². The van der Waals surface area contributed by atoms with Crippen molar-refractivity contribution in [2.24, 2.45) is 11.6 Å². The molecule has 216 valence electrons. The van der Waals surface area contributed by atoms with Crippen molar-refractivity contribution in [2.45, 2.75) is 61.8 Å². The third kappa shape index (κ3) is 9.89. The lowest BCUT2D eigenvalue weighted by Crippen LogP contribution is -2.32. The number of nitrogens with zero attached hydrogens (tertiary/aromatic N) is 2. The molecule has 1 atom stereocenters. The minimum atomic E-state index is 0.379. The Labute approximate surface area is 254 Å². The second-order valence-electron chi connectivity index (χ2n) is 8.68. The van der Waals surface area contributed by atoms with Gasteiger partial charge in [-0.1, -0.05) is 26.0 Å². The van der Waals surface area contributed by atoms with E-state index in [0.717, 1.165) is 77.2 Å². The number of hydrogen-bond acceptors (Lipinski definition) is 9. The number of carbonyl (C=O) groups is 1. The molecule has 1 aliphatic rings. The highest BCUT2D eigenvalue weighted by Crippen LogP contribution is 2.38. The van der Waals surface area contributed by atoms with Crippen molar-refractivity contribution >= 4 is 59.7 Å². The lowest BCUT2D eigenvalue weighted by atomic mass is 9.87. The molecule has 0 saturated carbocycles. The predicted molar refractivity (Wildman–Crippen MR) is 180 cm³/mol. The predicted octanol–water partition coefficient (Wildman–Crippen LogP) is 7.37. The number of hydrogen-bond donors (Lipinski definition) is 4. The van der Waals surface area contributed by atoms with E-state index >= 15 is 0 Å². The van der Waals surface area contributed by atoms with Crippen LogP contribution in [-0.2, 0) is 17.6 Å². The van der Waals surface area contributed by atoms with Crippen LogP contribution in [0.4, 0.5) is 11.4 Å². The maximum atomic E-state index is 11.5. The van der Waals surface area contributed by atoms with Crippen LogP contribution in [0.5, 0.6) is 0 Å². The minimum absolute atomic E-state index is 0.379. The Balaban J connectivity index is 0.00000134. The Kier molecular flexibility index (Phi) is 15.9. The first-order chi connectivity index (χ1) is 19.6. The van der Waals surface area contributed by atoms with E-state index in [1.807, 2.05) is 68.2 Å². The third-order valence-electron chi connectivity index (χ3n) is 6.26. The summed E-state index contributed by atoms with van der Waals surface area (Å²) in [4.78, 5) is 16.8. The molecule has 0 aliphatic heterocycles. The molecule has 0 radical (unpaired) electrons. The van der Waals surface area contributed by atoms with E-state index in [2.05, 4.69) is 58.6 Å². The molecule has 5 N–H and O–H groups in total. The molecule has 0 saturated heterocycles. The number of aromatic nitrogens is 1. The first-order valence-electron chi connectivity index (χ1n) is 13.6. The van der Waals surface area contributed by atoms with Gasteiger partial charge in [0, 0.05) is 34.5 Å². The van der Waals surface area contributed by atoms with Gasteiger partial charge in [-0.3, -0.25) is 9.99 Å². The van der Waals surface area contributed by atoms with Crippen LogP contribution >= 0.6 is 36.3 Å². The normalized spacial score (nSPS) is 12.7. The van der Waals surface area contributed by atoms with Crippen molar-refractivity contribution in [3.63, 3.8) is 0 Å². The zero-order valence-electron chi connectivity index (χ0n) is 24.0. The number of anilines is 2. The molecule has 0 fully saturated rings. The fourth-order valence-corrected chi connectivity index (χ4v) is 6.13. The molecule has 1 aliphatic carbocycles. The average Bonchev–Trinajstić information content (AvgIpc) is 3.01. The summed E-state index contributed by atoms with van der Waals surface area (Å²) in [6.07, 6.45) is 10.3. The second-order valence-corrected chi connectivity index (χ2v) is 11.5. The summed E-state index contributed by atoms with van der Waals surface area (Å²) in [5, 5.41) is 1.71. The van der Waals surface area contributed by atoms with Crippen LogP contribution in [0.3, 0.4) is 0 Å². The number of pyridine rings is 1. The van der Waals surface area contributed by atoms with Crippen LogP contribution in [-0.4, -0.2) is 29.2 Å². The van der Waals surface area contributed by atoms with Crippen LogP contribution in [0.25, 0.3) is 5.70 Å². The van der Waals surface area contributed by atoms with Gasteiger partial charge in [0.2, 0.25) is 0 Å². The molecule has 40 heavy (non-hydrogen) atoms. The lowest BCUT2D eigenvalue weighted by molar-refractivity contribution is -0.107. The standard InChI is InChI=1S/C28H32N4OS3.C2H6.CH5N/c1-35-27(7-4-6-22-5-2-3-17-30-22)36-31-23-11-10-20-8-9-21(16-18-33)28(26(20)19-23)32(29)24-12-14-25(34)15-13-24;2*1-2/h2-3,5,10-15,17-19,27,31,34H,4,6-9,16,29H2,1H3;1-2H3;2H2,1H3. The van der Waals surface area contributed by atoms with Gasteiger partial charge in [0.25, 0.3) is 0 Å². The van der Waals surface area contributed by atoms with E-state index in [0.29, 0.717) is 11.0 Å². The second kappa shape index (κ2) is 18.8. The Morgan fingerprint density at radius 2 is 1.85 bits per heavy atom. The summed E-state index contributed by atoms with van der Waals surface area (Å²) < 4.78 is 3.99. The Hall–Kier alpha value is -2.43. The molecule has 0 amide bonds.